The summed E-state index contributed by atoms with van der Waals surface area (Å²) >= 11 is 0. The van der Waals surface area contributed by atoms with Crippen molar-refractivity contribution in [3.63, 3.8) is 0 Å². The van der Waals surface area contributed by atoms with Crippen LogP contribution in [-0.2, 0) is 13.6 Å². The zero-order chi connectivity index (χ0) is 23.2. The van der Waals surface area contributed by atoms with Crippen LogP contribution in [0.25, 0.3) is 44.2 Å². The maximum absolute atomic E-state index is 14.7. The van der Waals surface area contributed by atoms with Gasteiger partial charge in [-0.25, -0.2) is 4.39 Å². The Bertz CT molecular complexity index is 1580. The number of benzene rings is 2. The van der Waals surface area contributed by atoms with Gasteiger partial charge in [-0.05, 0) is 61.3 Å². The van der Waals surface area contributed by atoms with Crippen LogP contribution in [0, 0.1) is 23.1 Å². The van der Waals surface area contributed by atoms with E-state index in [-0.39, 0.29) is 5.56 Å². The molecule has 0 bridgehead atoms. The van der Waals surface area contributed by atoms with Crippen molar-refractivity contribution in [3.8, 4) is 28.5 Å². The molecule has 6 rings (SSSR count). The monoisotopic (exact) mass is 450 g/mol. The first-order chi connectivity index (χ1) is 16.6. The van der Waals surface area contributed by atoms with Crippen LogP contribution in [0.15, 0.2) is 61.1 Å². The molecule has 1 fully saturated rings. The third-order valence-corrected chi connectivity index (χ3v) is 6.84. The summed E-state index contributed by atoms with van der Waals surface area (Å²) in [5.74, 6) is 0.0567. The average molecular weight is 451 g/mol. The maximum Gasteiger partial charge on any atom is 0.141 e. The highest BCUT2D eigenvalue weighted by atomic mass is 19.1. The molecule has 7 heteroatoms. The zero-order valence-electron chi connectivity index (χ0n) is 18.8. The van der Waals surface area contributed by atoms with E-state index in [9.17, 15) is 9.65 Å². The number of hydrogen-bond acceptors (Lipinski definition) is 4. The molecule has 0 radical (unpaired) electrons. The molecule has 3 aromatic heterocycles. The molecule has 168 valence electrons. The predicted octanol–water partition coefficient (Wildman–Crippen LogP) is 4.88. The molecule has 0 spiro atoms. The number of nitrogens with zero attached hydrogens (tertiary/aromatic N) is 5. The topological polar surface area (TPSA) is 71.5 Å². The highest BCUT2D eigenvalue weighted by Crippen LogP contribution is 2.38. The van der Waals surface area contributed by atoms with Crippen molar-refractivity contribution in [2.45, 2.75) is 13.0 Å². The SMILES string of the molecule is Cn1ncc2cc(-c3ncc4c(ccn4CC4CCNC4)c3-c3ccc(C#N)c(F)c3)ccc21. The van der Waals surface area contributed by atoms with Crippen molar-refractivity contribution in [2.75, 3.05) is 13.1 Å². The minimum absolute atomic E-state index is 0.0357. The van der Waals surface area contributed by atoms with Crippen LogP contribution in [0.4, 0.5) is 4.39 Å². The molecule has 1 atom stereocenters. The third kappa shape index (κ3) is 3.35. The summed E-state index contributed by atoms with van der Waals surface area (Å²) in [4.78, 5) is 4.90. The van der Waals surface area contributed by atoms with Gasteiger partial charge in [0.05, 0.1) is 34.7 Å². The lowest BCUT2D eigenvalue weighted by Gasteiger charge is -2.15. The van der Waals surface area contributed by atoms with Crippen LogP contribution in [0.3, 0.4) is 0 Å². The van der Waals surface area contributed by atoms with Crippen LogP contribution in [-0.4, -0.2) is 32.4 Å². The Kier molecular flexibility index (Phi) is 4.89. The molecule has 0 aliphatic carbocycles. The molecule has 0 saturated carbocycles. The third-order valence-electron chi connectivity index (χ3n) is 6.84. The summed E-state index contributed by atoms with van der Waals surface area (Å²) in [6.45, 7) is 2.99. The summed E-state index contributed by atoms with van der Waals surface area (Å²) in [7, 11) is 1.92. The molecule has 0 amide bonds. The van der Waals surface area contributed by atoms with E-state index in [2.05, 4.69) is 33.3 Å². The van der Waals surface area contributed by atoms with E-state index < -0.39 is 5.82 Å². The summed E-state index contributed by atoms with van der Waals surface area (Å²) in [5.41, 5.74) is 5.39. The fourth-order valence-electron chi connectivity index (χ4n) is 5.05. The van der Waals surface area contributed by atoms with E-state index in [0.29, 0.717) is 11.5 Å². The van der Waals surface area contributed by atoms with Gasteiger partial charge in [-0.15, -0.1) is 0 Å². The first kappa shape index (κ1) is 20.6. The molecular formula is C27H23FN6. The second kappa shape index (κ2) is 8.08. The van der Waals surface area contributed by atoms with E-state index in [4.69, 9.17) is 4.98 Å². The van der Waals surface area contributed by atoms with E-state index in [1.165, 1.54) is 6.07 Å². The Morgan fingerprint density at radius 1 is 1.12 bits per heavy atom. The Balaban J connectivity index is 1.56. The first-order valence-electron chi connectivity index (χ1n) is 11.4. The van der Waals surface area contributed by atoms with Gasteiger partial charge in [0.2, 0.25) is 0 Å². The van der Waals surface area contributed by atoms with Gasteiger partial charge in [0.25, 0.3) is 0 Å². The van der Waals surface area contributed by atoms with E-state index in [1.807, 2.05) is 48.4 Å². The molecular weight excluding hydrogens is 427 g/mol. The second-order valence-electron chi connectivity index (χ2n) is 8.96. The van der Waals surface area contributed by atoms with Gasteiger partial charge in [-0.2, -0.15) is 10.4 Å². The lowest BCUT2D eigenvalue weighted by molar-refractivity contribution is 0.491. The number of aromatic nitrogens is 4. The van der Waals surface area contributed by atoms with Gasteiger partial charge in [0.15, 0.2) is 0 Å². The number of fused-ring (bicyclic) bond motifs is 2. The zero-order valence-corrected chi connectivity index (χ0v) is 18.8. The Morgan fingerprint density at radius 3 is 2.79 bits per heavy atom. The minimum atomic E-state index is -0.526. The van der Waals surface area contributed by atoms with Gasteiger partial charge in [0.1, 0.15) is 11.9 Å². The molecule has 1 aliphatic heterocycles. The Morgan fingerprint density at radius 2 is 2.00 bits per heavy atom. The van der Waals surface area contributed by atoms with Gasteiger partial charge < -0.3 is 9.88 Å². The quantitative estimate of drug-likeness (QED) is 0.424. The second-order valence-corrected chi connectivity index (χ2v) is 8.96. The lowest BCUT2D eigenvalue weighted by atomic mass is 9.95. The van der Waals surface area contributed by atoms with Crippen LogP contribution in [0.5, 0.6) is 0 Å². The number of hydrogen-bond donors (Lipinski definition) is 1. The molecule has 5 aromatic rings. The first-order valence-corrected chi connectivity index (χ1v) is 11.4. The number of rotatable bonds is 4. The van der Waals surface area contributed by atoms with E-state index in [1.54, 1.807) is 6.07 Å². The molecule has 2 aromatic carbocycles. The van der Waals surface area contributed by atoms with E-state index in [0.717, 1.165) is 64.7 Å². The van der Waals surface area contributed by atoms with Gasteiger partial charge in [0, 0.05) is 41.7 Å². The van der Waals surface area contributed by atoms with Crippen molar-refractivity contribution in [1.82, 2.24) is 24.6 Å². The van der Waals surface area contributed by atoms with Gasteiger partial charge in [-0.3, -0.25) is 9.67 Å². The number of nitriles is 1. The Labute approximate surface area is 196 Å². The fourth-order valence-corrected chi connectivity index (χ4v) is 5.05. The van der Waals surface area contributed by atoms with Crippen LogP contribution in [0.1, 0.15) is 12.0 Å². The average Bonchev–Trinajstić information content (AvgIpc) is 3.60. The molecule has 34 heavy (non-hydrogen) atoms. The molecule has 1 saturated heterocycles. The molecule has 1 unspecified atom stereocenters. The molecule has 1 aliphatic rings. The van der Waals surface area contributed by atoms with Crippen molar-refractivity contribution in [2.24, 2.45) is 13.0 Å². The Hall–Kier alpha value is -4.02. The standard InChI is InChI=1S/C27H23FN6/c1-33-24-5-4-19(10-21(24)14-32-33)27-26(18-2-3-20(12-29)23(28)11-18)22-7-9-34(25(22)15-31-27)16-17-6-8-30-13-17/h2-5,7,9-11,14-15,17,30H,6,8,13,16H2,1H3. The summed E-state index contributed by atoms with van der Waals surface area (Å²) in [5, 5.41) is 19.0. The van der Waals surface area contributed by atoms with Crippen molar-refractivity contribution in [1.29, 1.82) is 5.26 Å². The van der Waals surface area contributed by atoms with E-state index >= 15 is 0 Å². The minimum Gasteiger partial charge on any atom is -0.346 e. The number of aryl methyl sites for hydroxylation is 1. The van der Waals surface area contributed by atoms with Crippen molar-refractivity contribution >= 4 is 21.8 Å². The highest BCUT2D eigenvalue weighted by Gasteiger charge is 2.20. The fraction of sp³-hybridized carbons (Fsp3) is 0.222. The molecule has 4 heterocycles. The maximum atomic E-state index is 14.7. The predicted molar refractivity (Wildman–Crippen MR) is 131 cm³/mol. The van der Waals surface area contributed by atoms with Crippen molar-refractivity contribution < 1.29 is 4.39 Å². The number of halogens is 1. The smallest absolute Gasteiger partial charge is 0.141 e. The molecule has 1 N–H and O–H groups in total. The van der Waals surface area contributed by atoms with Gasteiger partial charge in [-0.1, -0.05) is 12.1 Å². The number of nitrogens with one attached hydrogen (secondary N) is 1. The van der Waals surface area contributed by atoms with Crippen molar-refractivity contribution in [3.05, 3.63) is 72.4 Å². The highest BCUT2D eigenvalue weighted by molar-refractivity contribution is 6.02. The normalized spacial score (nSPS) is 15.9. The van der Waals surface area contributed by atoms with Gasteiger partial charge >= 0.3 is 0 Å². The summed E-state index contributed by atoms with van der Waals surface area (Å²) < 4.78 is 18.8. The number of pyridine rings is 1. The lowest BCUT2D eigenvalue weighted by Crippen LogP contribution is -2.14. The largest absolute Gasteiger partial charge is 0.346 e. The van der Waals surface area contributed by atoms with Crippen LogP contribution < -0.4 is 5.32 Å². The molecule has 6 nitrogen and oxygen atoms in total. The summed E-state index contributed by atoms with van der Waals surface area (Å²) in [6.07, 6.45) is 7.01. The van der Waals surface area contributed by atoms with Crippen LogP contribution in [0.2, 0.25) is 0 Å². The summed E-state index contributed by atoms with van der Waals surface area (Å²) in [6, 6.07) is 14.9. The van der Waals surface area contributed by atoms with Crippen LogP contribution >= 0.6 is 0 Å².